The van der Waals surface area contributed by atoms with Crippen molar-refractivity contribution in [3.8, 4) is 0 Å². The van der Waals surface area contributed by atoms with Gasteiger partial charge in [-0.05, 0) is 12.8 Å². The van der Waals surface area contributed by atoms with Crippen LogP contribution in [0.5, 0.6) is 0 Å². The van der Waals surface area contributed by atoms with Crippen LogP contribution in [0.3, 0.4) is 0 Å². The normalized spacial score (nSPS) is 26.1. The van der Waals surface area contributed by atoms with E-state index in [4.69, 9.17) is 9.47 Å². The first-order chi connectivity index (χ1) is 11.3. The average Bonchev–Trinajstić information content (AvgIpc) is 2.87. The molecule has 0 bridgehead atoms. The second kappa shape index (κ2) is 8.26. The summed E-state index contributed by atoms with van der Waals surface area (Å²) in [5.41, 5.74) is -2.77. The minimum Gasteiger partial charge on any atom is -0.469 e. The zero-order valence-electron chi connectivity index (χ0n) is 14.8. The maximum Gasteiger partial charge on any atom is 0.319 e. The Bertz CT molecular complexity index is 513. The highest BCUT2D eigenvalue weighted by atomic mass is 16.5. The van der Waals surface area contributed by atoms with Crippen LogP contribution in [0.2, 0.25) is 0 Å². The predicted molar refractivity (Wildman–Crippen MR) is 83.9 cm³/mol. The summed E-state index contributed by atoms with van der Waals surface area (Å²) in [5.74, 6) is -2.49. The fourth-order valence-electron chi connectivity index (χ4n) is 3.50. The standard InChI is InChI=1S/C17H26O7/c1-5-6-7-8-16(14(20)23-3)9-12(18)17(11-16,15(21)24-4)10-13(19)22-2/h5-11H2,1-4H3. The number of ketones is 1. The van der Waals surface area contributed by atoms with Crippen LogP contribution in [0.25, 0.3) is 0 Å². The molecule has 0 aromatic rings. The minimum absolute atomic E-state index is 0.0863. The summed E-state index contributed by atoms with van der Waals surface area (Å²) < 4.78 is 14.3. The zero-order valence-corrected chi connectivity index (χ0v) is 14.8. The third kappa shape index (κ3) is 3.76. The zero-order chi connectivity index (χ0) is 18.4. The van der Waals surface area contributed by atoms with Gasteiger partial charge in [-0.15, -0.1) is 0 Å². The third-order valence-corrected chi connectivity index (χ3v) is 4.80. The highest BCUT2D eigenvalue weighted by Crippen LogP contribution is 2.53. The molecule has 24 heavy (non-hydrogen) atoms. The smallest absolute Gasteiger partial charge is 0.319 e. The van der Waals surface area contributed by atoms with Crippen LogP contribution in [-0.2, 0) is 33.4 Å². The number of rotatable bonds is 8. The van der Waals surface area contributed by atoms with Crippen molar-refractivity contribution in [2.24, 2.45) is 10.8 Å². The Hall–Kier alpha value is -1.92. The van der Waals surface area contributed by atoms with Crippen molar-refractivity contribution in [3.63, 3.8) is 0 Å². The molecule has 1 fully saturated rings. The van der Waals surface area contributed by atoms with Crippen LogP contribution in [0.1, 0.15) is 51.9 Å². The fraction of sp³-hybridized carbons (Fsp3) is 0.765. The number of esters is 3. The molecule has 1 saturated carbocycles. The molecular formula is C17H26O7. The Morgan fingerprint density at radius 1 is 1.00 bits per heavy atom. The highest BCUT2D eigenvalue weighted by Gasteiger charge is 2.63. The van der Waals surface area contributed by atoms with Crippen molar-refractivity contribution in [1.82, 2.24) is 0 Å². The molecule has 7 nitrogen and oxygen atoms in total. The van der Waals surface area contributed by atoms with Crippen molar-refractivity contribution in [3.05, 3.63) is 0 Å². The topological polar surface area (TPSA) is 96.0 Å². The van der Waals surface area contributed by atoms with Gasteiger partial charge in [-0.1, -0.05) is 26.2 Å². The Morgan fingerprint density at radius 3 is 2.12 bits per heavy atom. The molecule has 0 amide bonds. The van der Waals surface area contributed by atoms with Crippen LogP contribution in [0.4, 0.5) is 0 Å². The van der Waals surface area contributed by atoms with Crippen molar-refractivity contribution >= 4 is 23.7 Å². The summed E-state index contributed by atoms with van der Waals surface area (Å²) in [5, 5.41) is 0. The molecule has 1 aliphatic rings. The molecule has 0 aromatic carbocycles. The van der Waals surface area contributed by atoms with Crippen molar-refractivity contribution in [1.29, 1.82) is 0 Å². The van der Waals surface area contributed by atoms with Gasteiger partial charge < -0.3 is 14.2 Å². The minimum atomic E-state index is -1.68. The van der Waals surface area contributed by atoms with Crippen LogP contribution in [-0.4, -0.2) is 45.0 Å². The van der Waals surface area contributed by atoms with Gasteiger partial charge in [0, 0.05) is 6.42 Å². The number of carbonyl (C=O) groups is 4. The lowest BCUT2D eigenvalue weighted by atomic mass is 9.74. The average molecular weight is 342 g/mol. The quantitative estimate of drug-likeness (QED) is 0.287. The Morgan fingerprint density at radius 2 is 1.62 bits per heavy atom. The number of hydrogen-bond acceptors (Lipinski definition) is 7. The first-order valence-electron chi connectivity index (χ1n) is 8.09. The van der Waals surface area contributed by atoms with Crippen molar-refractivity contribution < 1.29 is 33.4 Å². The maximum atomic E-state index is 12.7. The van der Waals surface area contributed by atoms with Gasteiger partial charge in [-0.2, -0.15) is 0 Å². The van der Waals surface area contributed by atoms with E-state index >= 15 is 0 Å². The molecule has 7 heteroatoms. The molecule has 1 rings (SSSR count). The SMILES string of the molecule is CCCCCC1(C(=O)OC)CC(=O)C(CC(=O)OC)(C(=O)OC)C1. The fourth-order valence-corrected chi connectivity index (χ4v) is 3.50. The lowest BCUT2D eigenvalue weighted by Gasteiger charge is -2.28. The summed E-state index contributed by atoms with van der Waals surface area (Å²) in [6.07, 6.45) is 2.37. The van der Waals surface area contributed by atoms with E-state index in [1.807, 2.05) is 6.92 Å². The summed E-state index contributed by atoms with van der Waals surface area (Å²) in [6.45, 7) is 2.03. The van der Waals surface area contributed by atoms with Crippen LogP contribution >= 0.6 is 0 Å². The van der Waals surface area contributed by atoms with Crippen LogP contribution in [0, 0.1) is 10.8 Å². The van der Waals surface area contributed by atoms with Gasteiger partial charge in [0.2, 0.25) is 0 Å². The first-order valence-corrected chi connectivity index (χ1v) is 8.09. The van der Waals surface area contributed by atoms with Crippen LogP contribution in [0.15, 0.2) is 0 Å². The Balaban J connectivity index is 3.23. The van der Waals surface area contributed by atoms with Gasteiger partial charge >= 0.3 is 17.9 Å². The predicted octanol–water partition coefficient (Wildman–Crippen LogP) is 1.81. The van der Waals surface area contributed by atoms with Gasteiger partial charge in [-0.3, -0.25) is 19.2 Å². The molecule has 2 unspecified atom stereocenters. The van der Waals surface area contributed by atoms with E-state index in [1.54, 1.807) is 0 Å². The first kappa shape index (κ1) is 20.1. The summed E-state index contributed by atoms with van der Waals surface area (Å²) in [6, 6.07) is 0. The van der Waals surface area contributed by atoms with Gasteiger partial charge in [0.1, 0.15) is 5.41 Å². The summed E-state index contributed by atoms with van der Waals surface area (Å²) >= 11 is 0. The molecule has 0 aromatic heterocycles. The van der Waals surface area contributed by atoms with Crippen molar-refractivity contribution in [2.45, 2.75) is 51.9 Å². The molecule has 136 valence electrons. The molecule has 0 heterocycles. The van der Waals surface area contributed by atoms with E-state index in [2.05, 4.69) is 4.74 Å². The van der Waals surface area contributed by atoms with Gasteiger partial charge in [-0.25, -0.2) is 0 Å². The number of Topliss-reactive ketones (excluding diaryl/α,β-unsaturated/α-hetero) is 1. The molecule has 0 aliphatic heterocycles. The van der Waals surface area contributed by atoms with E-state index < -0.39 is 40.9 Å². The summed E-state index contributed by atoms with van der Waals surface area (Å²) in [4.78, 5) is 49.2. The van der Waals surface area contributed by atoms with Gasteiger partial charge in [0.05, 0.1) is 33.2 Å². The number of carbonyl (C=O) groups excluding carboxylic acids is 4. The van der Waals surface area contributed by atoms with E-state index in [0.717, 1.165) is 26.4 Å². The third-order valence-electron chi connectivity index (χ3n) is 4.80. The van der Waals surface area contributed by atoms with E-state index in [1.165, 1.54) is 14.2 Å². The second-order valence-corrected chi connectivity index (χ2v) is 6.33. The van der Waals surface area contributed by atoms with Crippen LogP contribution < -0.4 is 0 Å². The number of hydrogen-bond donors (Lipinski definition) is 0. The molecule has 0 N–H and O–H groups in total. The molecule has 2 atom stereocenters. The van der Waals surface area contributed by atoms with Crippen molar-refractivity contribution in [2.75, 3.05) is 21.3 Å². The Kier molecular flexibility index (Phi) is 6.93. The monoisotopic (exact) mass is 342 g/mol. The number of methoxy groups -OCH3 is 3. The second-order valence-electron chi connectivity index (χ2n) is 6.33. The molecule has 0 saturated heterocycles. The Labute approximate surface area is 142 Å². The number of unbranched alkanes of at least 4 members (excludes halogenated alkanes) is 2. The summed E-state index contributed by atoms with van der Waals surface area (Å²) in [7, 11) is 3.60. The van der Waals surface area contributed by atoms with Gasteiger partial charge in [0.25, 0.3) is 0 Å². The molecular weight excluding hydrogens is 316 g/mol. The molecule has 1 aliphatic carbocycles. The van der Waals surface area contributed by atoms with E-state index in [0.29, 0.717) is 6.42 Å². The van der Waals surface area contributed by atoms with Gasteiger partial charge in [0.15, 0.2) is 5.78 Å². The molecule has 0 radical (unpaired) electrons. The lowest BCUT2D eigenvalue weighted by Crippen LogP contribution is -2.40. The van der Waals surface area contributed by atoms with E-state index in [9.17, 15) is 19.2 Å². The highest BCUT2D eigenvalue weighted by molar-refractivity contribution is 6.10. The number of ether oxygens (including phenoxy) is 3. The van der Waals surface area contributed by atoms with E-state index in [-0.39, 0.29) is 12.8 Å². The lowest BCUT2D eigenvalue weighted by molar-refractivity contribution is -0.164. The largest absolute Gasteiger partial charge is 0.469 e. The maximum absolute atomic E-state index is 12.7. The molecule has 0 spiro atoms.